The van der Waals surface area contributed by atoms with Crippen molar-refractivity contribution in [1.29, 1.82) is 0 Å². The molecule has 4 fully saturated rings. The molecule has 0 aromatic carbocycles. The third-order valence-corrected chi connectivity index (χ3v) is 13.0. The van der Waals surface area contributed by atoms with Crippen molar-refractivity contribution in [2.45, 2.75) is 153 Å². The Balaban J connectivity index is 1.21. The molecule has 11 heteroatoms. The molecule has 3 aliphatic heterocycles. The Morgan fingerprint density at radius 2 is 1.61 bits per heavy atom. The molecule has 288 valence electrons. The van der Waals surface area contributed by atoms with E-state index in [4.69, 9.17) is 37.9 Å². The van der Waals surface area contributed by atoms with Crippen molar-refractivity contribution in [3.63, 3.8) is 0 Å². The molecule has 3 saturated heterocycles. The van der Waals surface area contributed by atoms with Crippen LogP contribution in [0.15, 0.2) is 23.8 Å². The van der Waals surface area contributed by atoms with Crippen molar-refractivity contribution < 1.29 is 47.5 Å². The van der Waals surface area contributed by atoms with E-state index in [0.717, 1.165) is 50.5 Å². The Bertz CT molecular complexity index is 1260. The number of cyclic esters (lactones) is 1. The van der Waals surface area contributed by atoms with E-state index in [2.05, 4.69) is 37.4 Å². The van der Waals surface area contributed by atoms with Crippen LogP contribution in [0.25, 0.3) is 0 Å². The highest BCUT2D eigenvalue weighted by molar-refractivity contribution is 5.99. The highest BCUT2D eigenvalue weighted by Crippen LogP contribution is 2.54. The predicted molar refractivity (Wildman–Crippen MR) is 190 cm³/mol. The van der Waals surface area contributed by atoms with Gasteiger partial charge in [-0.05, 0) is 102 Å². The van der Waals surface area contributed by atoms with Crippen LogP contribution >= 0.6 is 0 Å². The van der Waals surface area contributed by atoms with Gasteiger partial charge < -0.3 is 43.2 Å². The summed E-state index contributed by atoms with van der Waals surface area (Å²) in [6, 6.07) is 0.288. The van der Waals surface area contributed by atoms with Gasteiger partial charge >= 0.3 is 5.97 Å². The van der Waals surface area contributed by atoms with Gasteiger partial charge in [0.2, 0.25) is 0 Å². The fourth-order valence-electron chi connectivity index (χ4n) is 10.1. The number of likely N-dealkylation sites (N-methyl/N-ethyl adjacent to an activating group) is 1. The van der Waals surface area contributed by atoms with Crippen LogP contribution in [0.5, 0.6) is 0 Å². The number of allylic oxidation sites excluding steroid dienone is 4. The summed E-state index contributed by atoms with van der Waals surface area (Å²) in [4.78, 5) is 28.1. The Kier molecular flexibility index (Phi) is 13.1. The summed E-state index contributed by atoms with van der Waals surface area (Å²) in [6.07, 6.45) is 10.8. The van der Waals surface area contributed by atoms with Crippen LogP contribution in [0.3, 0.4) is 0 Å². The van der Waals surface area contributed by atoms with Gasteiger partial charge in [0.25, 0.3) is 0 Å². The molecule has 0 spiro atoms. The zero-order valence-electron chi connectivity index (χ0n) is 32.0. The van der Waals surface area contributed by atoms with Crippen LogP contribution < -0.4 is 5.32 Å². The number of fused-ring (bicyclic) bond motifs is 5. The Hall–Kier alpha value is -1.70. The van der Waals surface area contributed by atoms with Crippen LogP contribution in [0.2, 0.25) is 0 Å². The monoisotopic (exact) mass is 717 g/mol. The first-order valence-corrected chi connectivity index (χ1v) is 19.6. The minimum atomic E-state index is -0.593. The van der Waals surface area contributed by atoms with Gasteiger partial charge in [0, 0.05) is 39.2 Å². The zero-order chi connectivity index (χ0) is 36.4. The van der Waals surface area contributed by atoms with Crippen LogP contribution in [0.1, 0.15) is 85.5 Å². The molecule has 0 aromatic heterocycles. The molecule has 6 aliphatic rings. The third-order valence-electron chi connectivity index (χ3n) is 13.0. The number of ether oxygens (including phenoxy) is 8. The van der Waals surface area contributed by atoms with Crippen molar-refractivity contribution in [3.05, 3.63) is 23.8 Å². The van der Waals surface area contributed by atoms with Gasteiger partial charge in [-0.2, -0.15) is 0 Å². The number of methoxy groups -OCH3 is 3. The topological polar surface area (TPSA) is 120 Å². The van der Waals surface area contributed by atoms with E-state index < -0.39 is 12.4 Å². The van der Waals surface area contributed by atoms with Gasteiger partial charge in [0.15, 0.2) is 18.4 Å². The quantitative estimate of drug-likeness (QED) is 0.252. The molecule has 0 radical (unpaired) electrons. The predicted octanol–water partition coefficient (Wildman–Crippen LogP) is 5.15. The molecule has 11 nitrogen and oxygen atoms in total. The minimum absolute atomic E-state index is 0.0241. The molecule has 1 N–H and O–H groups in total. The average molecular weight is 718 g/mol. The normalized spacial score (nSPS) is 46.3. The maximum atomic E-state index is 14.6. The number of hydrogen-bond acceptors (Lipinski definition) is 11. The summed E-state index contributed by atoms with van der Waals surface area (Å²) < 4.78 is 49.4. The molecule has 0 bridgehead atoms. The Morgan fingerprint density at radius 3 is 2.29 bits per heavy atom. The maximum absolute atomic E-state index is 14.6. The highest BCUT2D eigenvalue weighted by atomic mass is 16.7. The number of carbonyl (C=O) groups is 2. The van der Waals surface area contributed by atoms with Crippen molar-refractivity contribution in [1.82, 2.24) is 5.32 Å². The lowest BCUT2D eigenvalue weighted by Gasteiger charge is -2.44. The number of rotatable bonds is 9. The van der Waals surface area contributed by atoms with E-state index in [-0.39, 0.29) is 103 Å². The summed E-state index contributed by atoms with van der Waals surface area (Å²) in [7, 11) is 6.93. The number of Topliss-reactive ketones (excluding diaryl/α,β-unsaturated/α-hetero) is 1. The fraction of sp³-hybridized carbons (Fsp3) is 0.850. The standard InChI is InChI=1S/C40H63NO10/c1-9-25-11-10-12-33(51-35-16-15-32(41-5)22(3)47-35)21(2)36(43)31-19-29-27(30(31)20-34(42)49-25)14-13-24-17-26(18-28(24)29)50-40-39(46-8)38(45-7)37(44-6)23(4)48-40/h13-14,19,21-30,32-33,35,37-41H,9-12,15-18,20H2,1-8H3/t21-,22?,23?,24?,25+,26-,27-,28-,29-,30+,32?,33+,35?,37?,38?,39?,40?/m1/s1. The zero-order valence-corrected chi connectivity index (χ0v) is 32.0. The Labute approximate surface area is 304 Å². The molecular weight excluding hydrogens is 654 g/mol. The van der Waals surface area contributed by atoms with Crippen LogP contribution in [-0.2, 0) is 47.5 Å². The van der Waals surface area contributed by atoms with E-state index >= 15 is 0 Å². The van der Waals surface area contributed by atoms with E-state index in [1.807, 2.05) is 20.9 Å². The highest BCUT2D eigenvalue weighted by Gasteiger charge is 2.52. The van der Waals surface area contributed by atoms with Crippen LogP contribution in [-0.4, -0.2) is 108 Å². The molecular formula is C40H63NO10. The number of carbonyl (C=O) groups excluding carboxylic acids is 2. The third kappa shape index (κ3) is 8.21. The summed E-state index contributed by atoms with van der Waals surface area (Å²) in [5.41, 5.74) is 0.761. The van der Waals surface area contributed by atoms with Gasteiger partial charge in [-0.1, -0.05) is 32.1 Å². The van der Waals surface area contributed by atoms with Crippen molar-refractivity contribution >= 4 is 11.8 Å². The molecule has 0 aromatic rings. The maximum Gasteiger partial charge on any atom is 0.306 e. The molecule has 3 heterocycles. The molecule has 1 saturated carbocycles. The number of esters is 1. The smallest absolute Gasteiger partial charge is 0.306 e. The van der Waals surface area contributed by atoms with E-state index in [9.17, 15) is 9.59 Å². The van der Waals surface area contributed by atoms with Gasteiger partial charge in [0.1, 0.15) is 24.4 Å². The summed E-state index contributed by atoms with van der Waals surface area (Å²) in [5.74, 6) is 0.0185. The van der Waals surface area contributed by atoms with Crippen LogP contribution in [0, 0.1) is 35.5 Å². The second-order valence-electron chi connectivity index (χ2n) is 15.9. The second-order valence-corrected chi connectivity index (χ2v) is 15.9. The molecule has 9 unspecified atom stereocenters. The molecule has 3 aliphatic carbocycles. The van der Waals surface area contributed by atoms with Gasteiger partial charge in [-0.25, -0.2) is 0 Å². The van der Waals surface area contributed by atoms with Gasteiger partial charge in [0.05, 0.1) is 30.8 Å². The van der Waals surface area contributed by atoms with Gasteiger partial charge in [-0.15, -0.1) is 0 Å². The number of nitrogens with one attached hydrogen (secondary N) is 1. The van der Waals surface area contributed by atoms with Crippen molar-refractivity contribution in [2.75, 3.05) is 28.4 Å². The van der Waals surface area contributed by atoms with E-state index in [1.165, 1.54) is 0 Å². The summed E-state index contributed by atoms with van der Waals surface area (Å²) in [5, 5.41) is 3.34. The number of ketones is 1. The largest absolute Gasteiger partial charge is 0.462 e. The minimum Gasteiger partial charge on any atom is -0.462 e. The molecule has 0 amide bonds. The van der Waals surface area contributed by atoms with E-state index in [1.54, 1.807) is 21.3 Å². The summed E-state index contributed by atoms with van der Waals surface area (Å²) >= 11 is 0. The lowest BCUT2D eigenvalue weighted by atomic mass is 9.70. The first-order chi connectivity index (χ1) is 24.6. The lowest BCUT2D eigenvalue weighted by molar-refractivity contribution is -0.314. The van der Waals surface area contributed by atoms with E-state index in [0.29, 0.717) is 12.3 Å². The van der Waals surface area contributed by atoms with Crippen molar-refractivity contribution in [2.24, 2.45) is 35.5 Å². The first-order valence-electron chi connectivity index (χ1n) is 19.6. The molecule has 17 atom stereocenters. The lowest BCUT2D eigenvalue weighted by Crippen LogP contribution is -2.59. The second kappa shape index (κ2) is 17.2. The molecule has 6 rings (SSSR count). The SMILES string of the molecule is CC[C@H]1CCC[C@H](OC2CCC(NC)C(C)O2)[C@@H](C)C(=O)C2=C[C@@H]3[C@@H](C=CC4C[C@@H](OC5OC(C)C(OC)C(OC)C5OC)C[C@H]43)[C@@H]2CC(=O)O1. The summed E-state index contributed by atoms with van der Waals surface area (Å²) in [6.45, 7) is 8.12. The molecule has 51 heavy (non-hydrogen) atoms. The van der Waals surface area contributed by atoms with Gasteiger partial charge in [-0.3, -0.25) is 9.59 Å². The van der Waals surface area contributed by atoms with Crippen LogP contribution in [0.4, 0.5) is 0 Å². The Morgan fingerprint density at radius 1 is 0.843 bits per heavy atom. The first kappa shape index (κ1) is 39.0. The van der Waals surface area contributed by atoms with Crippen molar-refractivity contribution in [3.8, 4) is 0 Å². The average Bonchev–Trinajstić information content (AvgIpc) is 3.70. The number of hydrogen-bond donors (Lipinski definition) is 1. The fourth-order valence-corrected chi connectivity index (χ4v) is 10.1.